The van der Waals surface area contributed by atoms with E-state index >= 15 is 0 Å². The minimum atomic E-state index is -0.886. The van der Waals surface area contributed by atoms with Crippen LogP contribution in [0.4, 0.5) is 4.79 Å². The number of hydrogen-bond donors (Lipinski definition) is 1. The molecule has 0 radical (unpaired) electrons. The molecule has 2 aromatic rings. The van der Waals surface area contributed by atoms with Gasteiger partial charge < -0.3 is 14.6 Å². The highest BCUT2D eigenvalue weighted by Gasteiger charge is 2.34. The third kappa shape index (κ3) is 1.75. The van der Waals surface area contributed by atoms with Crippen LogP contribution >= 0.6 is 0 Å². The van der Waals surface area contributed by atoms with E-state index in [1.165, 1.54) is 4.90 Å². The van der Waals surface area contributed by atoms with E-state index in [9.17, 15) is 9.90 Å². The Morgan fingerprint density at radius 1 is 1.43 bits per heavy atom. The van der Waals surface area contributed by atoms with Crippen molar-refractivity contribution in [2.75, 3.05) is 0 Å². The first-order valence-electron chi connectivity index (χ1n) is 7.11. The van der Waals surface area contributed by atoms with Crippen molar-refractivity contribution >= 4 is 6.09 Å². The quantitative estimate of drug-likeness (QED) is 0.780. The Hall–Kier alpha value is -2.38. The third-order valence-corrected chi connectivity index (χ3v) is 4.32. The SMILES string of the molecule is CC1Cc2nn3c(c2CN1C(=O)O)-c1nncn1CCC3. The first kappa shape index (κ1) is 12.4. The molecule has 0 saturated heterocycles. The van der Waals surface area contributed by atoms with E-state index in [2.05, 4.69) is 15.3 Å². The molecule has 1 amide bonds. The van der Waals surface area contributed by atoms with Crippen LogP contribution in [0.15, 0.2) is 6.33 Å². The summed E-state index contributed by atoms with van der Waals surface area (Å²) >= 11 is 0. The first-order valence-corrected chi connectivity index (χ1v) is 7.11. The average Bonchev–Trinajstić information content (AvgIpc) is 2.98. The molecule has 2 aliphatic heterocycles. The van der Waals surface area contributed by atoms with Gasteiger partial charge in [0.05, 0.1) is 12.2 Å². The summed E-state index contributed by atoms with van der Waals surface area (Å²) < 4.78 is 3.99. The van der Waals surface area contributed by atoms with Gasteiger partial charge in [-0.15, -0.1) is 10.2 Å². The van der Waals surface area contributed by atoms with Crippen LogP contribution in [0.1, 0.15) is 24.6 Å². The molecule has 0 bridgehead atoms. The molecule has 0 saturated carbocycles. The number of fused-ring (bicyclic) bond motifs is 5. The molecule has 4 heterocycles. The van der Waals surface area contributed by atoms with Gasteiger partial charge >= 0.3 is 6.09 Å². The van der Waals surface area contributed by atoms with E-state index in [-0.39, 0.29) is 6.04 Å². The van der Waals surface area contributed by atoms with Gasteiger partial charge in [0, 0.05) is 31.1 Å². The highest BCUT2D eigenvalue weighted by Crippen LogP contribution is 2.33. The smallest absolute Gasteiger partial charge is 0.407 e. The molecule has 2 aliphatic rings. The Morgan fingerprint density at radius 2 is 2.29 bits per heavy atom. The van der Waals surface area contributed by atoms with Crippen molar-refractivity contribution in [2.24, 2.45) is 0 Å². The number of nitrogens with zero attached hydrogens (tertiary/aromatic N) is 6. The molecule has 2 aromatic heterocycles. The van der Waals surface area contributed by atoms with Crippen LogP contribution in [-0.2, 0) is 26.1 Å². The van der Waals surface area contributed by atoms with E-state index < -0.39 is 6.09 Å². The van der Waals surface area contributed by atoms with Gasteiger partial charge in [-0.1, -0.05) is 0 Å². The number of carboxylic acid groups (broad SMARTS) is 1. The summed E-state index contributed by atoms with van der Waals surface area (Å²) in [6.45, 7) is 3.98. The number of amides is 1. The summed E-state index contributed by atoms with van der Waals surface area (Å²) in [6, 6.07) is -0.0491. The fourth-order valence-electron chi connectivity index (χ4n) is 3.26. The van der Waals surface area contributed by atoms with Gasteiger partial charge in [-0.2, -0.15) is 5.10 Å². The maximum atomic E-state index is 11.4. The predicted octanol–water partition coefficient (Wildman–Crippen LogP) is 0.970. The molecule has 4 rings (SSSR count). The molecule has 110 valence electrons. The fraction of sp³-hybridized carbons (Fsp3) is 0.538. The third-order valence-electron chi connectivity index (χ3n) is 4.32. The molecule has 8 heteroatoms. The lowest BCUT2D eigenvalue weighted by molar-refractivity contribution is 0.119. The van der Waals surface area contributed by atoms with Crippen molar-refractivity contribution in [3.05, 3.63) is 17.6 Å². The Labute approximate surface area is 121 Å². The second-order valence-electron chi connectivity index (χ2n) is 5.66. The summed E-state index contributed by atoms with van der Waals surface area (Å²) in [5, 5.41) is 22.2. The van der Waals surface area contributed by atoms with Crippen molar-refractivity contribution in [3.8, 4) is 11.5 Å². The number of hydrogen-bond acceptors (Lipinski definition) is 4. The standard InChI is InChI=1S/C13H16N6O2/c1-8-5-10-9(6-18(8)13(20)21)11-12-15-14-7-17(12)3-2-4-19(11)16-10/h7-8H,2-6H2,1H3,(H,20,21). The lowest BCUT2D eigenvalue weighted by Gasteiger charge is -2.30. The fourth-order valence-corrected chi connectivity index (χ4v) is 3.26. The number of aromatic nitrogens is 5. The first-order chi connectivity index (χ1) is 10.1. The molecule has 0 aromatic carbocycles. The zero-order valence-corrected chi connectivity index (χ0v) is 11.7. The summed E-state index contributed by atoms with van der Waals surface area (Å²) in [5.74, 6) is 0.793. The Bertz CT molecular complexity index is 718. The van der Waals surface area contributed by atoms with E-state index in [0.29, 0.717) is 13.0 Å². The molecule has 8 nitrogen and oxygen atoms in total. The topological polar surface area (TPSA) is 89.1 Å². The van der Waals surface area contributed by atoms with Gasteiger partial charge in [0.15, 0.2) is 5.82 Å². The molecule has 1 atom stereocenters. The molecule has 0 spiro atoms. The monoisotopic (exact) mass is 288 g/mol. The molecule has 1 N–H and O–H groups in total. The number of carbonyl (C=O) groups is 1. The largest absolute Gasteiger partial charge is 0.465 e. The minimum Gasteiger partial charge on any atom is -0.465 e. The summed E-state index contributed by atoms with van der Waals surface area (Å²) in [7, 11) is 0. The normalized spacial score (nSPS) is 20.4. The van der Waals surface area contributed by atoms with Crippen molar-refractivity contribution < 1.29 is 9.90 Å². The van der Waals surface area contributed by atoms with Crippen molar-refractivity contribution in [2.45, 2.75) is 45.4 Å². The predicted molar refractivity (Wildman–Crippen MR) is 72.6 cm³/mol. The number of aryl methyl sites for hydroxylation is 2. The van der Waals surface area contributed by atoms with E-state index in [4.69, 9.17) is 0 Å². The minimum absolute atomic E-state index is 0.0491. The Kier molecular flexibility index (Phi) is 2.54. The van der Waals surface area contributed by atoms with Gasteiger partial charge in [0.25, 0.3) is 0 Å². The summed E-state index contributed by atoms with van der Waals surface area (Å²) in [6.07, 6.45) is 2.46. The van der Waals surface area contributed by atoms with Gasteiger partial charge in [-0.3, -0.25) is 4.68 Å². The van der Waals surface area contributed by atoms with Gasteiger partial charge in [-0.25, -0.2) is 4.79 Å². The average molecular weight is 288 g/mol. The van der Waals surface area contributed by atoms with E-state index in [1.807, 2.05) is 16.2 Å². The second kappa shape index (κ2) is 4.31. The number of rotatable bonds is 0. The Morgan fingerprint density at radius 3 is 3.10 bits per heavy atom. The van der Waals surface area contributed by atoms with Crippen LogP contribution in [-0.4, -0.2) is 46.7 Å². The van der Waals surface area contributed by atoms with Crippen LogP contribution in [0.5, 0.6) is 0 Å². The maximum absolute atomic E-state index is 11.4. The second-order valence-corrected chi connectivity index (χ2v) is 5.66. The highest BCUT2D eigenvalue weighted by atomic mass is 16.4. The maximum Gasteiger partial charge on any atom is 0.407 e. The molecule has 21 heavy (non-hydrogen) atoms. The van der Waals surface area contributed by atoms with Gasteiger partial charge in [-0.05, 0) is 13.3 Å². The van der Waals surface area contributed by atoms with Crippen LogP contribution in [0.3, 0.4) is 0 Å². The molecular weight excluding hydrogens is 272 g/mol. The zero-order valence-electron chi connectivity index (χ0n) is 11.7. The molecular formula is C13H16N6O2. The van der Waals surface area contributed by atoms with Crippen molar-refractivity contribution in [1.82, 2.24) is 29.4 Å². The lowest BCUT2D eigenvalue weighted by Crippen LogP contribution is -2.41. The van der Waals surface area contributed by atoms with Crippen LogP contribution in [0, 0.1) is 0 Å². The molecule has 0 fully saturated rings. The van der Waals surface area contributed by atoms with Crippen LogP contribution in [0.25, 0.3) is 11.5 Å². The van der Waals surface area contributed by atoms with Gasteiger partial charge in [0.2, 0.25) is 0 Å². The van der Waals surface area contributed by atoms with Gasteiger partial charge in [0.1, 0.15) is 12.0 Å². The van der Waals surface area contributed by atoms with E-state index in [0.717, 1.165) is 42.3 Å². The van der Waals surface area contributed by atoms with Crippen molar-refractivity contribution in [3.63, 3.8) is 0 Å². The molecule has 0 aliphatic carbocycles. The molecule has 1 unspecified atom stereocenters. The summed E-state index contributed by atoms with van der Waals surface area (Å²) in [5.41, 5.74) is 2.90. The zero-order chi connectivity index (χ0) is 14.6. The lowest BCUT2D eigenvalue weighted by atomic mass is 10.00. The highest BCUT2D eigenvalue weighted by molar-refractivity contribution is 5.68. The Balaban J connectivity index is 1.87. The van der Waals surface area contributed by atoms with Crippen LogP contribution < -0.4 is 0 Å². The summed E-state index contributed by atoms with van der Waals surface area (Å²) in [4.78, 5) is 12.9. The van der Waals surface area contributed by atoms with E-state index in [1.54, 1.807) is 6.33 Å². The van der Waals surface area contributed by atoms with Crippen LogP contribution in [0.2, 0.25) is 0 Å². The van der Waals surface area contributed by atoms with Crippen molar-refractivity contribution in [1.29, 1.82) is 0 Å².